The van der Waals surface area contributed by atoms with Gasteiger partial charge in [0.15, 0.2) is 11.4 Å². The van der Waals surface area contributed by atoms with Crippen molar-refractivity contribution in [2.75, 3.05) is 17.7 Å². The molecule has 3 heterocycles. The first-order chi connectivity index (χ1) is 14.4. The molecule has 5 rings (SSSR count). The molecule has 0 atom stereocenters. The Kier molecular flexibility index (Phi) is 4.36. The monoisotopic (exact) mass is 415 g/mol. The van der Waals surface area contributed by atoms with Gasteiger partial charge in [-0.3, -0.25) is 4.79 Å². The topological polar surface area (TPSA) is 74.8 Å². The lowest BCUT2D eigenvalue weighted by atomic mass is 9.83. The van der Waals surface area contributed by atoms with Gasteiger partial charge in [-0.05, 0) is 17.7 Å². The first-order valence-electron chi connectivity index (χ1n) is 9.77. The molecular weight excluding hydrogens is 394 g/mol. The number of benzene rings is 2. The summed E-state index contributed by atoms with van der Waals surface area (Å²) in [5, 5.41) is 10.0. The number of thioether (sulfide) groups is 1. The second-order valence-corrected chi connectivity index (χ2v) is 8.89. The van der Waals surface area contributed by atoms with Crippen LogP contribution in [0.15, 0.2) is 65.5 Å². The molecule has 0 saturated heterocycles. The van der Waals surface area contributed by atoms with E-state index in [4.69, 9.17) is 0 Å². The van der Waals surface area contributed by atoms with Crippen LogP contribution < -0.4 is 4.90 Å². The third-order valence-corrected chi connectivity index (χ3v) is 6.54. The van der Waals surface area contributed by atoms with Crippen LogP contribution in [0.4, 0.5) is 5.69 Å². The number of ketones is 1. The lowest BCUT2D eigenvalue weighted by Gasteiger charge is -2.23. The van der Waals surface area contributed by atoms with Gasteiger partial charge in [-0.2, -0.15) is 0 Å². The Bertz CT molecular complexity index is 1320. The quantitative estimate of drug-likeness (QED) is 0.391. The van der Waals surface area contributed by atoms with Crippen molar-refractivity contribution in [1.82, 2.24) is 20.2 Å². The standard InChI is InChI=1S/C23H21N5OS/c1-23(2)16-9-5-7-11-18(16)28(3)19(23)12-14(29)13-30-22-25-21-20(26-27-22)15-8-4-6-10-17(15)24-21/h4-12H,13H2,1-3H3,(H,24,25,27)/b19-12+. The molecule has 4 aromatic rings. The SMILES string of the molecule is CN1/C(=C/C(=O)CSc2nnc3c(n2)[nH]c2ccccc23)C(C)(C)c2ccccc21. The van der Waals surface area contributed by atoms with E-state index in [9.17, 15) is 4.79 Å². The summed E-state index contributed by atoms with van der Waals surface area (Å²) in [6, 6.07) is 16.2. The molecule has 0 fully saturated rings. The summed E-state index contributed by atoms with van der Waals surface area (Å²) in [6.45, 7) is 4.30. The molecule has 0 unspecified atom stereocenters. The molecule has 0 aliphatic carbocycles. The summed E-state index contributed by atoms with van der Waals surface area (Å²) >= 11 is 1.30. The van der Waals surface area contributed by atoms with Gasteiger partial charge in [0.05, 0.1) is 5.75 Å². The molecular formula is C23H21N5OS. The predicted molar refractivity (Wildman–Crippen MR) is 121 cm³/mol. The molecule has 7 heteroatoms. The second kappa shape index (κ2) is 6.95. The zero-order valence-corrected chi connectivity index (χ0v) is 17.8. The molecule has 0 bridgehead atoms. The van der Waals surface area contributed by atoms with E-state index in [0.29, 0.717) is 10.8 Å². The minimum absolute atomic E-state index is 0.0306. The normalized spacial score (nSPS) is 16.5. The van der Waals surface area contributed by atoms with E-state index in [2.05, 4.69) is 51.0 Å². The summed E-state index contributed by atoms with van der Waals surface area (Å²) in [4.78, 5) is 22.7. The Labute approximate surface area is 178 Å². The number of nitrogens with zero attached hydrogens (tertiary/aromatic N) is 4. The molecule has 2 aromatic carbocycles. The van der Waals surface area contributed by atoms with E-state index in [1.807, 2.05) is 43.4 Å². The maximum Gasteiger partial charge on any atom is 0.211 e. The van der Waals surface area contributed by atoms with Crippen molar-refractivity contribution in [1.29, 1.82) is 0 Å². The number of hydrogen-bond donors (Lipinski definition) is 1. The van der Waals surface area contributed by atoms with E-state index in [0.717, 1.165) is 27.8 Å². The molecule has 1 N–H and O–H groups in total. The average Bonchev–Trinajstić information content (AvgIpc) is 3.21. The van der Waals surface area contributed by atoms with Crippen molar-refractivity contribution in [3.8, 4) is 0 Å². The average molecular weight is 416 g/mol. The number of H-pyrrole nitrogens is 1. The molecule has 0 amide bonds. The van der Waals surface area contributed by atoms with Crippen molar-refractivity contribution in [2.45, 2.75) is 24.4 Å². The maximum atomic E-state index is 12.8. The van der Waals surface area contributed by atoms with E-state index in [1.165, 1.54) is 17.3 Å². The summed E-state index contributed by atoms with van der Waals surface area (Å²) in [6.07, 6.45) is 1.75. The van der Waals surface area contributed by atoms with Crippen molar-refractivity contribution in [3.63, 3.8) is 0 Å². The first-order valence-corrected chi connectivity index (χ1v) is 10.8. The van der Waals surface area contributed by atoms with Crippen LogP contribution in [0.5, 0.6) is 0 Å². The summed E-state index contributed by atoms with van der Waals surface area (Å²) < 4.78 is 0. The Hall–Kier alpha value is -3.19. The Morgan fingerprint density at radius 2 is 1.90 bits per heavy atom. The smallest absolute Gasteiger partial charge is 0.211 e. The largest absolute Gasteiger partial charge is 0.347 e. The molecule has 2 aromatic heterocycles. The van der Waals surface area contributed by atoms with E-state index < -0.39 is 0 Å². The van der Waals surface area contributed by atoms with Gasteiger partial charge in [-0.25, -0.2) is 4.98 Å². The Balaban J connectivity index is 1.36. The summed E-state index contributed by atoms with van der Waals surface area (Å²) in [5.41, 5.74) is 5.57. The van der Waals surface area contributed by atoms with Crippen LogP contribution in [0.25, 0.3) is 22.1 Å². The third kappa shape index (κ3) is 2.97. The van der Waals surface area contributed by atoms with Crippen molar-refractivity contribution in [2.24, 2.45) is 0 Å². The van der Waals surface area contributed by atoms with Crippen LogP contribution in [-0.4, -0.2) is 38.7 Å². The van der Waals surface area contributed by atoms with Gasteiger partial charge in [-0.1, -0.05) is 62.0 Å². The molecule has 150 valence electrons. The van der Waals surface area contributed by atoms with Gasteiger partial charge in [0, 0.05) is 40.8 Å². The van der Waals surface area contributed by atoms with Gasteiger partial charge in [-0.15, -0.1) is 10.2 Å². The minimum Gasteiger partial charge on any atom is -0.347 e. The summed E-state index contributed by atoms with van der Waals surface area (Å²) in [5.74, 6) is 0.292. The van der Waals surface area contributed by atoms with Crippen LogP contribution in [0, 0.1) is 0 Å². The fraction of sp³-hybridized carbons (Fsp3) is 0.217. The number of nitrogens with one attached hydrogen (secondary N) is 1. The van der Waals surface area contributed by atoms with Crippen LogP contribution in [0.1, 0.15) is 19.4 Å². The fourth-order valence-corrected chi connectivity index (χ4v) is 4.76. The number of aromatic nitrogens is 4. The molecule has 6 nitrogen and oxygen atoms in total. The van der Waals surface area contributed by atoms with E-state index in [1.54, 1.807) is 6.08 Å². The number of carbonyl (C=O) groups excluding carboxylic acids is 1. The number of hydrogen-bond acceptors (Lipinski definition) is 6. The van der Waals surface area contributed by atoms with Gasteiger partial charge in [0.1, 0.15) is 5.52 Å². The van der Waals surface area contributed by atoms with Crippen LogP contribution >= 0.6 is 11.8 Å². The maximum absolute atomic E-state index is 12.8. The first kappa shape index (κ1) is 18.8. The number of para-hydroxylation sites is 2. The highest BCUT2D eigenvalue weighted by Crippen LogP contribution is 2.46. The zero-order chi connectivity index (χ0) is 20.9. The van der Waals surface area contributed by atoms with E-state index in [-0.39, 0.29) is 17.0 Å². The zero-order valence-electron chi connectivity index (χ0n) is 17.0. The van der Waals surface area contributed by atoms with E-state index >= 15 is 0 Å². The number of aromatic amines is 1. The Morgan fingerprint density at radius 3 is 2.73 bits per heavy atom. The lowest BCUT2D eigenvalue weighted by Crippen LogP contribution is -2.24. The van der Waals surface area contributed by atoms with Crippen molar-refractivity contribution in [3.05, 3.63) is 65.9 Å². The number of fused-ring (bicyclic) bond motifs is 4. The molecule has 0 spiro atoms. The van der Waals surface area contributed by atoms with Gasteiger partial charge in [0.2, 0.25) is 5.16 Å². The van der Waals surface area contributed by atoms with Gasteiger partial charge in [0.25, 0.3) is 0 Å². The number of carbonyl (C=O) groups is 1. The fourth-order valence-electron chi connectivity index (χ4n) is 4.16. The molecule has 0 saturated carbocycles. The van der Waals surface area contributed by atoms with Crippen molar-refractivity contribution < 1.29 is 4.79 Å². The lowest BCUT2D eigenvalue weighted by molar-refractivity contribution is -0.112. The van der Waals surface area contributed by atoms with Gasteiger partial charge < -0.3 is 9.88 Å². The van der Waals surface area contributed by atoms with Crippen LogP contribution in [0.2, 0.25) is 0 Å². The third-order valence-electron chi connectivity index (χ3n) is 5.68. The number of anilines is 1. The van der Waals surface area contributed by atoms with Crippen LogP contribution in [-0.2, 0) is 10.2 Å². The number of rotatable bonds is 4. The molecule has 1 aliphatic heterocycles. The molecule has 1 aliphatic rings. The van der Waals surface area contributed by atoms with Crippen LogP contribution in [0.3, 0.4) is 0 Å². The van der Waals surface area contributed by atoms with Crippen molar-refractivity contribution >= 4 is 45.3 Å². The number of allylic oxidation sites excluding steroid dienone is 2. The minimum atomic E-state index is -0.215. The summed E-state index contributed by atoms with van der Waals surface area (Å²) in [7, 11) is 2.01. The highest BCUT2D eigenvalue weighted by atomic mass is 32.2. The highest BCUT2D eigenvalue weighted by Gasteiger charge is 2.38. The Morgan fingerprint density at radius 1 is 1.13 bits per heavy atom. The predicted octanol–water partition coefficient (Wildman–Crippen LogP) is 4.48. The van der Waals surface area contributed by atoms with Gasteiger partial charge >= 0.3 is 0 Å². The second-order valence-electron chi connectivity index (χ2n) is 7.95. The molecule has 30 heavy (non-hydrogen) atoms. The number of likely N-dealkylation sites (N-methyl/N-ethyl adjacent to an activating group) is 1. The highest BCUT2D eigenvalue weighted by molar-refractivity contribution is 7.99. The molecule has 0 radical (unpaired) electrons.